The molecule has 0 atom stereocenters. The SMILES string of the molecule is O=C(CCCN1C(=O)C(=Cc2ccco2)SC1=S)N1CCN(c2ccccc2)CC1. The Morgan fingerprint density at radius 3 is 2.57 bits per heavy atom. The molecule has 6 nitrogen and oxygen atoms in total. The number of thioether (sulfide) groups is 1. The van der Waals surface area contributed by atoms with Crippen LogP contribution < -0.4 is 4.90 Å². The van der Waals surface area contributed by atoms with Crippen molar-refractivity contribution >= 4 is 51.9 Å². The molecule has 0 bridgehead atoms. The molecule has 0 unspecified atom stereocenters. The van der Waals surface area contributed by atoms with Gasteiger partial charge in [-0.3, -0.25) is 14.5 Å². The van der Waals surface area contributed by atoms with E-state index in [2.05, 4.69) is 17.0 Å². The van der Waals surface area contributed by atoms with Crippen molar-refractivity contribution in [3.63, 3.8) is 0 Å². The van der Waals surface area contributed by atoms with E-state index in [1.165, 1.54) is 17.4 Å². The molecule has 2 aliphatic rings. The van der Waals surface area contributed by atoms with Gasteiger partial charge in [0, 0.05) is 50.9 Å². The third-order valence-electron chi connectivity index (χ3n) is 5.22. The van der Waals surface area contributed by atoms with Crippen LogP contribution in [-0.2, 0) is 9.59 Å². The van der Waals surface area contributed by atoms with Gasteiger partial charge in [-0.25, -0.2) is 0 Å². The second-order valence-electron chi connectivity index (χ2n) is 7.16. The number of carbonyl (C=O) groups excluding carboxylic acids is 2. The molecule has 1 aromatic carbocycles. The molecule has 8 heteroatoms. The minimum Gasteiger partial charge on any atom is -0.465 e. The summed E-state index contributed by atoms with van der Waals surface area (Å²) in [4.78, 5) is 31.5. The van der Waals surface area contributed by atoms with Crippen LogP contribution in [0.3, 0.4) is 0 Å². The zero-order valence-corrected chi connectivity index (χ0v) is 18.2. The van der Waals surface area contributed by atoms with Crippen LogP contribution in [0.1, 0.15) is 18.6 Å². The molecular weight excluding hydrogens is 418 g/mol. The summed E-state index contributed by atoms with van der Waals surface area (Å²) in [5.74, 6) is 0.643. The normalized spacial score (nSPS) is 18.5. The number of hydrogen-bond donors (Lipinski definition) is 0. The van der Waals surface area contributed by atoms with Gasteiger partial charge >= 0.3 is 0 Å². The predicted octanol–water partition coefficient (Wildman–Crippen LogP) is 3.61. The van der Waals surface area contributed by atoms with Crippen LogP contribution in [-0.4, -0.2) is 58.7 Å². The highest BCUT2D eigenvalue weighted by Gasteiger charge is 2.32. The van der Waals surface area contributed by atoms with Crippen molar-refractivity contribution < 1.29 is 14.0 Å². The monoisotopic (exact) mass is 441 g/mol. The van der Waals surface area contributed by atoms with Gasteiger partial charge in [0.25, 0.3) is 5.91 Å². The fraction of sp³-hybridized carbons (Fsp3) is 0.318. The fourth-order valence-corrected chi connectivity index (χ4v) is 4.88. The number of carbonyl (C=O) groups is 2. The number of thiocarbonyl (C=S) groups is 1. The average Bonchev–Trinajstić information content (AvgIpc) is 3.38. The minimum absolute atomic E-state index is 0.120. The number of piperazine rings is 1. The van der Waals surface area contributed by atoms with Gasteiger partial charge in [-0.15, -0.1) is 0 Å². The summed E-state index contributed by atoms with van der Waals surface area (Å²) in [6, 6.07) is 13.8. The summed E-state index contributed by atoms with van der Waals surface area (Å²) in [5, 5.41) is 0. The molecule has 0 spiro atoms. The molecule has 156 valence electrons. The molecule has 0 saturated carbocycles. The second kappa shape index (κ2) is 9.49. The van der Waals surface area contributed by atoms with Gasteiger partial charge in [0.05, 0.1) is 11.2 Å². The maximum atomic E-state index is 12.6. The van der Waals surface area contributed by atoms with Crippen molar-refractivity contribution in [1.29, 1.82) is 0 Å². The third-order valence-corrected chi connectivity index (χ3v) is 6.59. The smallest absolute Gasteiger partial charge is 0.266 e. The van der Waals surface area contributed by atoms with E-state index in [0.29, 0.717) is 34.4 Å². The number of nitrogens with zero attached hydrogens (tertiary/aromatic N) is 3. The van der Waals surface area contributed by atoms with Gasteiger partial charge in [-0.1, -0.05) is 42.2 Å². The lowest BCUT2D eigenvalue weighted by Crippen LogP contribution is -2.48. The van der Waals surface area contributed by atoms with Crippen LogP contribution in [0.25, 0.3) is 6.08 Å². The zero-order valence-electron chi connectivity index (χ0n) is 16.5. The Balaban J connectivity index is 1.23. The molecule has 2 fully saturated rings. The average molecular weight is 442 g/mol. The lowest BCUT2D eigenvalue weighted by atomic mass is 10.2. The van der Waals surface area contributed by atoms with Crippen LogP contribution in [0.4, 0.5) is 5.69 Å². The van der Waals surface area contributed by atoms with Crippen molar-refractivity contribution in [3.05, 3.63) is 59.4 Å². The molecule has 0 radical (unpaired) electrons. The molecule has 2 aromatic rings. The molecule has 2 saturated heterocycles. The number of benzene rings is 1. The molecule has 2 aliphatic heterocycles. The molecule has 30 heavy (non-hydrogen) atoms. The van der Waals surface area contributed by atoms with Crippen molar-refractivity contribution in [2.45, 2.75) is 12.8 Å². The molecule has 1 aromatic heterocycles. The van der Waals surface area contributed by atoms with E-state index in [1.807, 2.05) is 23.1 Å². The number of hydrogen-bond acceptors (Lipinski definition) is 6. The van der Waals surface area contributed by atoms with Gasteiger partial charge in [0.2, 0.25) is 5.91 Å². The molecule has 0 aliphatic carbocycles. The first-order chi connectivity index (χ1) is 14.6. The molecule has 2 amide bonds. The number of amides is 2. The van der Waals surface area contributed by atoms with Crippen LogP contribution in [0.5, 0.6) is 0 Å². The topological polar surface area (TPSA) is 57.0 Å². The Labute approximate surface area is 185 Å². The van der Waals surface area contributed by atoms with Gasteiger partial charge in [-0.05, 0) is 30.7 Å². The minimum atomic E-state index is -0.120. The van der Waals surface area contributed by atoms with Gasteiger partial charge in [0.15, 0.2) is 0 Å². The largest absolute Gasteiger partial charge is 0.465 e. The molecule has 0 N–H and O–H groups in total. The Hall–Kier alpha value is -2.58. The Kier molecular flexibility index (Phi) is 6.54. The second-order valence-corrected chi connectivity index (χ2v) is 8.83. The van der Waals surface area contributed by atoms with Gasteiger partial charge in [-0.2, -0.15) is 0 Å². The highest BCUT2D eigenvalue weighted by molar-refractivity contribution is 8.26. The number of furan rings is 1. The van der Waals surface area contributed by atoms with Crippen LogP contribution in [0.2, 0.25) is 0 Å². The maximum absolute atomic E-state index is 12.6. The molecule has 4 rings (SSSR count). The summed E-state index contributed by atoms with van der Waals surface area (Å²) < 4.78 is 5.80. The van der Waals surface area contributed by atoms with E-state index in [0.717, 1.165) is 26.2 Å². The first kappa shape index (κ1) is 20.7. The van der Waals surface area contributed by atoms with Crippen molar-refractivity contribution in [3.8, 4) is 0 Å². The molecular formula is C22H23N3O3S2. The molecule has 3 heterocycles. The first-order valence-corrected chi connectivity index (χ1v) is 11.2. The predicted molar refractivity (Wildman–Crippen MR) is 123 cm³/mol. The van der Waals surface area contributed by atoms with E-state index < -0.39 is 0 Å². The van der Waals surface area contributed by atoms with Crippen molar-refractivity contribution in [2.24, 2.45) is 0 Å². The van der Waals surface area contributed by atoms with Crippen LogP contribution in [0, 0.1) is 0 Å². The summed E-state index contributed by atoms with van der Waals surface area (Å²) >= 11 is 6.62. The number of para-hydroxylation sites is 1. The lowest BCUT2D eigenvalue weighted by Gasteiger charge is -2.36. The summed E-state index contributed by atoms with van der Waals surface area (Å²) in [6.07, 6.45) is 4.28. The lowest BCUT2D eigenvalue weighted by molar-refractivity contribution is -0.132. The standard InChI is InChI=1S/C22H23N3O3S2/c26-20(24-13-11-23(12-14-24)17-6-2-1-3-7-17)9-4-10-25-21(27)19(30-22(25)29)16-18-8-5-15-28-18/h1-3,5-8,15-16H,4,9-14H2. The van der Waals surface area contributed by atoms with E-state index in [1.54, 1.807) is 29.4 Å². The summed E-state index contributed by atoms with van der Waals surface area (Å²) in [6.45, 7) is 3.57. The summed E-state index contributed by atoms with van der Waals surface area (Å²) in [5.41, 5.74) is 1.20. The van der Waals surface area contributed by atoms with E-state index >= 15 is 0 Å². The fourth-order valence-electron chi connectivity index (χ4n) is 3.59. The summed E-state index contributed by atoms with van der Waals surface area (Å²) in [7, 11) is 0. The Bertz CT molecular complexity index is 936. The highest BCUT2D eigenvalue weighted by Crippen LogP contribution is 2.32. The van der Waals surface area contributed by atoms with Crippen LogP contribution in [0.15, 0.2) is 58.1 Å². The Morgan fingerprint density at radius 1 is 1.10 bits per heavy atom. The first-order valence-electron chi connectivity index (χ1n) is 9.98. The maximum Gasteiger partial charge on any atom is 0.266 e. The number of anilines is 1. The highest BCUT2D eigenvalue weighted by atomic mass is 32.2. The van der Waals surface area contributed by atoms with E-state index in [-0.39, 0.29) is 11.8 Å². The quantitative estimate of drug-likeness (QED) is 0.504. The van der Waals surface area contributed by atoms with Gasteiger partial charge in [0.1, 0.15) is 10.1 Å². The van der Waals surface area contributed by atoms with Gasteiger partial charge < -0.3 is 14.2 Å². The zero-order chi connectivity index (χ0) is 20.9. The van der Waals surface area contributed by atoms with E-state index in [4.69, 9.17) is 16.6 Å². The van der Waals surface area contributed by atoms with Crippen LogP contribution >= 0.6 is 24.0 Å². The van der Waals surface area contributed by atoms with E-state index in [9.17, 15) is 9.59 Å². The number of rotatable bonds is 6. The van der Waals surface area contributed by atoms with Crippen molar-refractivity contribution in [2.75, 3.05) is 37.6 Å². The Morgan fingerprint density at radius 2 is 1.87 bits per heavy atom. The van der Waals surface area contributed by atoms with Crippen molar-refractivity contribution in [1.82, 2.24) is 9.80 Å². The third kappa shape index (κ3) is 4.76.